The minimum absolute atomic E-state index is 0.242. The summed E-state index contributed by atoms with van der Waals surface area (Å²) < 4.78 is 5.17. The molecule has 1 aliphatic heterocycles. The summed E-state index contributed by atoms with van der Waals surface area (Å²) in [6.45, 7) is 4.26. The number of hydrazine groups is 1. The summed E-state index contributed by atoms with van der Waals surface area (Å²) in [7, 11) is 0. The van der Waals surface area contributed by atoms with Gasteiger partial charge < -0.3 is 9.73 Å². The molecular weight excluding hydrogens is 294 g/mol. The number of hydrogen-bond donors (Lipinski definition) is 2. The van der Waals surface area contributed by atoms with Crippen LogP contribution in [-0.4, -0.2) is 33.3 Å². The van der Waals surface area contributed by atoms with Gasteiger partial charge in [0.25, 0.3) is 0 Å². The van der Waals surface area contributed by atoms with E-state index in [-0.39, 0.29) is 6.03 Å². The third-order valence-electron chi connectivity index (χ3n) is 4.15. The van der Waals surface area contributed by atoms with Crippen LogP contribution in [-0.2, 0) is 0 Å². The second-order valence-electron chi connectivity index (χ2n) is 5.93. The van der Waals surface area contributed by atoms with Gasteiger partial charge in [0.2, 0.25) is 12.3 Å². The van der Waals surface area contributed by atoms with E-state index in [2.05, 4.69) is 34.8 Å². The van der Waals surface area contributed by atoms with E-state index in [9.17, 15) is 4.79 Å². The Morgan fingerprint density at radius 2 is 2.09 bits per heavy atom. The van der Waals surface area contributed by atoms with Gasteiger partial charge >= 0.3 is 6.03 Å². The number of nitrogens with one attached hydrogen (secondary N) is 2. The highest BCUT2D eigenvalue weighted by Crippen LogP contribution is 2.22. The molecule has 7 heteroatoms. The first-order valence-electron chi connectivity index (χ1n) is 7.86. The lowest BCUT2D eigenvalue weighted by atomic mass is 10.00. The van der Waals surface area contributed by atoms with Crippen LogP contribution in [0.5, 0.6) is 0 Å². The fourth-order valence-corrected chi connectivity index (χ4v) is 2.95. The highest BCUT2D eigenvalue weighted by molar-refractivity contribution is 5.89. The normalized spacial score (nSPS) is 21.8. The molecule has 2 amide bonds. The zero-order valence-electron chi connectivity index (χ0n) is 13.3. The van der Waals surface area contributed by atoms with Crippen molar-refractivity contribution < 1.29 is 9.21 Å². The van der Waals surface area contributed by atoms with Gasteiger partial charge in [-0.05, 0) is 44.9 Å². The molecule has 0 radical (unpaired) electrons. The predicted molar refractivity (Wildman–Crippen MR) is 86.5 cm³/mol. The summed E-state index contributed by atoms with van der Waals surface area (Å²) in [6, 6.07) is 7.75. The first-order valence-corrected chi connectivity index (χ1v) is 7.86. The summed E-state index contributed by atoms with van der Waals surface area (Å²) in [4.78, 5) is 12.3. The molecule has 1 aromatic heterocycles. The van der Waals surface area contributed by atoms with Gasteiger partial charge in [0.05, 0.1) is 0 Å². The van der Waals surface area contributed by atoms with E-state index in [4.69, 9.17) is 4.42 Å². The van der Waals surface area contributed by atoms with Crippen molar-refractivity contribution in [1.82, 2.24) is 20.6 Å². The van der Waals surface area contributed by atoms with E-state index in [1.807, 2.05) is 23.2 Å². The number of benzene rings is 1. The van der Waals surface area contributed by atoms with Gasteiger partial charge in [0.1, 0.15) is 0 Å². The standard InChI is InChI=1S/C16H21N5O2/c1-11-5-3-6-12(2)21(11)20-16(22)18-14-8-4-7-13(9-14)15-19-17-10-23-15/h4,7-12H,3,5-6H2,1-2H3,(H2,18,20,22)/t11-,12-/m0/s1. The first-order chi connectivity index (χ1) is 11.1. The molecule has 1 saturated heterocycles. The molecule has 2 atom stereocenters. The van der Waals surface area contributed by atoms with Crippen LogP contribution in [0.3, 0.4) is 0 Å². The lowest BCUT2D eigenvalue weighted by Crippen LogP contribution is -2.55. The molecule has 0 aliphatic carbocycles. The number of amides is 2. The Labute approximate surface area is 135 Å². The SMILES string of the molecule is C[C@H]1CCC[C@H](C)N1NC(=O)Nc1cccc(-c2nnco2)c1. The molecule has 7 nitrogen and oxygen atoms in total. The van der Waals surface area contributed by atoms with Crippen LogP contribution in [0.1, 0.15) is 33.1 Å². The molecule has 23 heavy (non-hydrogen) atoms. The fraction of sp³-hybridized carbons (Fsp3) is 0.438. The average molecular weight is 315 g/mol. The van der Waals surface area contributed by atoms with Crippen LogP contribution in [0.15, 0.2) is 35.1 Å². The van der Waals surface area contributed by atoms with Crippen LogP contribution < -0.4 is 10.7 Å². The molecule has 122 valence electrons. The number of rotatable bonds is 3. The van der Waals surface area contributed by atoms with Crippen molar-refractivity contribution in [3.05, 3.63) is 30.7 Å². The highest BCUT2D eigenvalue weighted by atomic mass is 16.4. The van der Waals surface area contributed by atoms with Crippen molar-refractivity contribution >= 4 is 11.7 Å². The Morgan fingerprint density at radius 1 is 1.30 bits per heavy atom. The van der Waals surface area contributed by atoms with Crippen LogP contribution in [0.2, 0.25) is 0 Å². The molecule has 1 aliphatic rings. The molecule has 3 rings (SSSR count). The summed E-state index contributed by atoms with van der Waals surface area (Å²) in [5.41, 5.74) is 4.39. The fourth-order valence-electron chi connectivity index (χ4n) is 2.95. The Balaban J connectivity index is 1.65. The number of piperidine rings is 1. The molecule has 0 spiro atoms. The van der Waals surface area contributed by atoms with E-state index in [0.717, 1.165) is 18.4 Å². The third-order valence-corrected chi connectivity index (χ3v) is 4.15. The monoisotopic (exact) mass is 315 g/mol. The van der Waals surface area contributed by atoms with Gasteiger partial charge in [-0.2, -0.15) is 0 Å². The number of nitrogens with zero attached hydrogens (tertiary/aromatic N) is 3. The second-order valence-corrected chi connectivity index (χ2v) is 5.93. The Hall–Kier alpha value is -2.41. The highest BCUT2D eigenvalue weighted by Gasteiger charge is 2.26. The van der Waals surface area contributed by atoms with E-state index in [0.29, 0.717) is 23.7 Å². The van der Waals surface area contributed by atoms with Crippen LogP contribution in [0, 0.1) is 0 Å². The van der Waals surface area contributed by atoms with E-state index in [1.54, 1.807) is 6.07 Å². The number of aromatic nitrogens is 2. The van der Waals surface area contributed by atoms with Gasteiger partial charge in [-0.3, -0.25) is 5.43 Å². The topological polar surface area (TPSA) is 83.3 Å². The quantitative estimate of drug-likeness (QED) is 0.909. The molecular formula is C16H21N5O2. The summed E-state index contributed by atoms with van der Waals surface area (Å²) in [6.07, 6.45) is 4.67. The second kappa shape index (κ2) is 6.78. The van der Waals surface area contributed by atoms with Crippen LogP contribution >= 0.6 is 0 Å². The molecule has 2 aromatic rings. The molecule has 0 bridgehead atoms. The average Bonchev–Trinajstić information content (AvgIpc) is 3.06. The van der Waals surface area contributed by atoms with Crippen molar-refractivity contribution in [2.45, 2.75) is 45.2 Å². The third kappa shape index (κ3) is 3.68. The number of anilines is 1. The van der Waals surface area contributed by atoms with Gasteiger partial charge in [0.15, 0.2) is 0 Å². The smallest absolute Gasteiger partial charge is 0.333 e. The first kappa shape index (κ1) is 15.5. The van der Waals surface area contributed by atoms with Crippen molar-refractivity contribution in [2.75, 3.05) is 5.32 Å². The van der Waals surface area contributed by atoms with Gasteiger partial charge in [-0.25, -0.2) is 9.80 Å². The zero-order valence-corrected chi connectivity index (χ0v) is 13.3. The lowest BCUT2D eigenvalue weighted by Gasteiger charge is -2.38. The lowest BCUT2D eigenvalue weighted by molar-refractivity contribution is 0.0625. The van der Waals surface area contributed by atoms with Gasteiger partial charge in [0, 0.05) is 23.3 Å². The molecule has 0 unspecified atom stereocenters. The maximum Gasteiger partial charge on any atom is 0.333 e. The Morgan fingerprint density at radius 3 is 2.78 bits per heavy atom. The molecule has 1 aromatic carbocycles. The van der Waals surface area contributed by atoms with Crippen molar-refractivity contribution in [2.24, 2.45) is 0 Å². The maximum absolute atomic E-state index is 12.3. The van der Waals surface area contributed by atoms with E-state index >= 15 is 0 Å². The van der Waals surface area contributed by atoms with Gasteiger partial charge in [-0.1, -0.05) is 12.5 Å². The van der Waals surface area contributed by atoms with E-state index in [1.165, 1.54) is 12.8 Å². The number of hydrogen-bond acceptors (Lipinski definition) is 5. The molecule has 2 heterocycles. The predicted octanol–water partition coefficient (Wildman–Crippen LogP) is 3.04. The number of urea groups is 1. The number of carbonyl (C=O) groups excluding carboxylic acids is 1. The minimum Gasteiger partial charge on any atom is -0.423 e. The summed E-state index contributed by atoms with van der Waals surface area (Å²) in [5.74, 6) is 0.423. The summed E-state index contributed by atoms with van der Waals surface area (Å²) in [5, 5.41) is 12.4. The largest absolute Gasteiger partial charge is 0.423 e. The van der Waals surface area contributed by atoms with Crippen molar-refractivity contribution in [3.8, 4) is 11.5 Å². The summed E-state index contributed by atoms with van der Waals surface area (Å²) >= 11 is 0. The zero-order chi connectivity index (χ0) is 16.2. The Bertz CT molecular complexity index is 648. The van der Waals surface area contributed by atoms with E-state index < -0.39 is 0 Å². The van der Waals surface area contributed by atoms with Gasteiger partial charge in [-0.15, -0.1) is 10.2 Å². The number of carbonyl (C=O) groups is 1. The molecule has 2 N–H and O–H groups in total. The molecule has 0 saturated carbocycles. The Kier molecular flexibility index (Phi) is 4.57. The maximum atomic E-state index is 12.3. The minimum atomic E-state index is -0.242. The molecule has 1 fully saturated rings. The van der Waals surface area contributed by atoms with Crippen molar-refractivity contribution in [1.29, 1.82) is 0 Å². The van der Waals surface area contributed by atoms with Crippen molar-refractivity contribution in [3.63, 3.8) is 0 Å². The van der Waals surface area contributed by atoms with Crippen LogP contribution in [0.4, 0.5) is 10.5 Å². The van der Waals surface area contributed by atoms with Crippen LogP contribution in [0.25, 0.3) is 11.5 Å².